The van der Waals surface area contributed by atoms with Crippen molar-refractivity contribution in [3.63, 3.8) is 0 Å². The van der Waals surface area contributed by atoms with E-state index in [0.717, 1.165) is 11.1 Å². The van der Waals surface area contributed by atoms with E-state index in [2.05, 4.69) is 15.8 Å². The second-order valence-electron chi connectivity index (χ2n) is 5.10. The summed E-state index contributed by atoms with van der Waals surface area (Å²) in [6, 6.07) is 21.0. The quantitative estimate of drug-likeness (QED) is 0.719. The molecule has 0 atom stereocenters. The normalized spacial score (nSPS) is 9.92. The molecule has 0 radical (unpaired) electrons. The van der Waals surface area contributed by atoms with E-state index in [1.165, 1.54) is 6.20 Å². The Morgan fingerprint density at radius 2 is 1.48 bits per heavy atom. The van der Waals surface area contributed by atoms with E-state index in [0.29, 0.717) is 5.56 Å². The van der Waals surface area contributed by atoms with Crippen LogP contribution in [0, 0.1) is 0 Å². The zero-order valence-electron chi connectivity index (χ0n) is 13.2. The second kappa shape index (κ2) is 7.74. The molecule has 0 fully saturated rings. The number of hydrogen-bond donors (Lipinski definition) is 2. The monoisotopic (exact) mass is 333 g/mol. The molecule has 0 aliphatic rings. The van der Waals surface area contributed by atoms with Gasteiger partial charge in [0.05, 0.1) is 0 Å². The molecule has 0 unspecified atom stereocenters. The molecule has 1 heterocycles. The van der Waals surface area contributed by atoms with Crippen LogP contribution in [0.2, 0.25) is 0 Å². The number of nitrogens with one attached hydrogen (secondary N) is 2. The topological polar surface area (TPSA) is 80.3 Å². The fraction of sp³-hybridized carbons (Fsp3) is 0. The number of rotatable bonds is 4. The van der Waals surface area contributed by atoms with Crippen LogP contribution in [-0.4, -0.2) is 16.9 Å². The van der Waals surface area contributed by atoms with Crippen LogP contribution in [0.4, 0.5) is 4.79 Å². The highest BCUT2D eigenvalue weighted by molar-refractivity contribution is 6.04. The zero-order chi connectivity index (χ0) is 17.5. The summed E-state index contributed by atoms with van der Waals surface area (Å²) in [4.78, 5) is 32.6. The number of nitrogens with zero attached hydrogens (tertiary/aromatic N) is 1. The van der Waals surface area contributed by atoms with Crippen molar-refractivity contribution in [2.45, 2.75) is 0 Å². The van der Waals surface area contributed by atoms with E-state index in [1.54, 1.807) is 30.3 Å². The molecule has 124 valence electrons. The molecule has 6 heteroatoms. The van der Waals surface area contributed by atoms with Crippen LogP contribution in [0.15, 0.2) is 79.0 Å². The van der Waals surface area contributed by atoms with E-state index in [-0.39, 0.29) is 5.88 Å². The number of pyridine rings is 1. The van der Waals surface area contributed by atoms with Gasteiger partial charge in [0.2, 0.25) is 5.88 Å². The molecule has 6 nitrogen and oxygen atoms in total. The number of aromatic nitrogens is 1. The van der Waals surface area contributed by atoms with Crippen molar-refractivity contribution >= 4 is 11.9 Å². The number of hydrogen-bond acceptors (Lipinski definition) is 4. The third-order valence-electron chi connectivity index (χ3n) is 3.37. The summed E-state index contributed by atoms with van der Waals surface area (Å²) in [6.45, 7) is 0. The van der Waals surface area contributed by atoms with Crippen LogP contribution in [-0.2, 0) is 0 Å². The summed E-state index contributed by atoms with van der Waals surface area (Å²) < 4.78 is 0. The number of benzene rings is 2. The lowest BCUT2D eigenvalue weighted by molar-refractivity contribution is 0.0949. The Balaban J connectivity index is 1.56. The molecular formula is C19H15N3O3. The third-order valence-corrected chi connectivity index (χ3v) is 3.37. The maximum atomic E-state index is 12.1. The largest absolute Gasteiger partial charge is 0.358 e. The number of hydroxylamine groups is 1. The first-order valence-corrected chi connectivity index (χ1v) is 7.57. The molecular weight excluding hydrogens is 318 g/mol. The number of urea groups is 1. The van der Waals surface area contributed by atoms with Gasteiger partial charge in [0.15, 0.2) is 0 Å². The molecule has 3 aromatic rings. The van der Waals surface area contributed by atoms with Gasteiger partial charge in [-0.2, -0.15) is 5.48 Å². The van der Waals surface area contributed by atoms with Gasteiger partial charge in [-0.05, 0) is 29.3 Å². The van der Waals surface area contributed by atoms with Gasteiger partial charge in [-0.1, -0.05) is 48.5 Å². The van der Waals surface area contributed by atoms with Gasteiger partial charge in [0.1, 0.15) is 0 Å². The van der Waals surface area contributed by atoms with Crippen molar-refractivity contribution < 1.29 is 14.4 Å². The standard InChI is InChI=1S/C19H15N3O3/c23-18(21-19(24)22-25-17-8-4-5-13-20-17)16-11-9-15(10-12-16)14-6-2-1-3-7-14/h1-13H,(H2,21,22,23,24). The number of carbonyl (C=O) groups is 2. The maximum absolute atomic E-state index is 12.1. The Bertz CT molecular complexity index is 850. The van der Waals surface area contributed by atoms with Crippen molar-refractivity contribution in [1.29, 1.82) is 0 Å². The first kappa shape index (κ1) is 16.2. The summed E-state index contributed by atoms with van der Waals surface area (Å²) in [5, 5.41) is 2.18. The Labute approximate surface area is 144 Å². The molecule has 3 amide bonds. The van der Waals surface area contributed by atoms with Crippen LogP contribution in [0.5, 0.6) is 5.88 Å². The number of imide groups is 1. The molecule has 2 aromatic carbocycles. The minimum absolute atomic E-state index is 0.220. The number of amides is 3. The average Bonchev–Trinajstić information content (AvgIpc) is 2.68. The van der Waals surface area contributed by atoms with Crippen LogP contribution >= 0.6 is 0 Å². The van der Waals surface area contributed by atoms with E-state index in [4.69, 9.17) is 4.84 Å². The molecule has 0 aliphatic heterocycles. The summed E-state index contributed by atoms with van der Waals surface area (Å²) in [6.07, 6.45) is 1.52. The molecule has 0 spiro atoms. The third kappa shape index (κ3) is 4.42. The summed E-state index contributed by atoms with van der Waals surface area (Å²) in [7, 11) is 0. The molecule has 3 rings (SSSR count). The van der Waals surface area contributed by atoms with Crippen molar-refractivity contribution in [3.05, 3.63) is 84.6 Å². The Hall–Kier alpha value is -3.67. The van der Waals surface area contributed by atoms with E-state index < -0.39 is 11.9 Å². The molecule has 0 aliphatic carbocycles. The number of carbonyl (C=O) groups excluding carboxylic acids is 2. The van der Waals surface area contributed by atoms with Crippen molar-refractivity contribution in [2.75, 3.05) is 0 Å². The molecule has 25 heavy (non-hydrogen) atoms. The van der Waals surface area contributed by atoms with E-state index in [9.17, 15) is 9.59 Å². The lowest BCUT2D eigenvalue weighted by Gasteiger charge is -2.07. The zero-order valence-corrected chi connectivity index (χ0v) is 13.2. The van der Waals surface area contributed by atoms with Crippen LogP contribution in [0.1, 0.15) is 10.4 Å². The molecule has 1 aromatic heterocycles. The SMILES string of the molecule is O=C(NOc1ccccn1)NC(=O)c1ccc(-c2ccccc2)cc1. The van der Waals surface area contributed by atoms with Gasteiger partial charge < -0.3 is 4.84 Å². The van der Waals surface area contributed by atoms with Gasteiger partial charge in [-0.3, -0.25) is 10.1 Å². The van der Waals surface area contributed by atoms with Gasteiger partial charge in [-0.15, -0.1) is 0 Å². The van der Waals surface area contributed by atoms with Crippen molar-refractivity contribution in [1.82, 2.24) is 15.8 Å². The maximum Gasteiger partial charge on any atom is 0.354 e. The summed E-state index contributed by atoms with van der Waals surface area (Å²) >= 11 is 0. The van der Waals surface area contributed by atoms with Gasteiger partial charge in [-0.25, -0.2) is 9.78 Å². The predicted molar refractivity (Wildman–Crippen MR) is 92.7 cm³/mol. The highest BCUT2D eigenvalue weighted by Crippen LogP contribution is 2.19. The molecule has 0 saturated heterocycles. The first-order chi connectivity index (χ1) is 12.2. The highest BCUT2D eigenvalue weighted by Gasteiger charge is 2.11. The Kier molecular flexibility index (Phi) is 5.01. The second-order valence-corrected chi connectivity index (χ2v) is 5.10. The van der Waals surface area contributed by atoms with Gasteiger partial charge >= 0.3 is 6.03 Å². The highest BCUT2D eigenvalue weighted by atomic mass is 16.7. The predicted octanol–water partition coefficient (Wildman–Crippen LogP) is 3.18. The molecule has 0 bridgehead atoms. The first-order valence-electron chi connectivity index (χ1n) is 7.57. The Morgan fingerprint density at radius 1 is 0.800 bits per heavy atom. The molecule has 2 N–H and O–H groups in total. The minimum Gasteiger partial charge on any atom is -0.358 e. The fourth-order valence-electron chi connectivity index (χ4n) is 2.15. The van der Waals surface area contributed by atoms with E-state index >= 15 is 0 Å². The van der Waals surface area contributed by atoms with Crippen molar-refractivity contribution in [3.8, 4) is 17.0 Å². The van der Waals surface area contributed by atoms with Gasteiger partial charge in [0.25, 0.3) is 5.91 Å². The lowest BCUT2D eigenvalue weighted by atomic mass is 10.0. The van der Waals surface area contributed by atoms with Crippen LogP contribution in [0.25, 0.3) is 11.1 Å². The Morgan fingerprint density at radius 3 is 2.16 bits per heavy atom. The molecule has 0 saturated carbocycles. The van der Waals surface area contributed by atoms with Crippen LogP contribution < -0.4 is 15.6 Å². The summed E-state index contributed by atoms with van der Waals surface area (Å²) in [5.41, 5.74) is 4.51. The summed E-state index contributed by atoms with van der Waals surface area (Å²) in [5.74, 6) is -0.306. The van der Waals surface area contributed by atoms with Crippen LogP contribution in [0.3, 0.4) is 0 Å². The lowest BCUT2D eigenvalue weighted by Crippen LogP contribution is -2.41. The van der Waals surface area contributed by atoms with Crippen molar-refractivity contribution in [2.24, 2.45) is 0 Å². The minimum atomic E-state index is -0.775. The fourth-order valence-corrected chi connectivity index (χ4v) is 2.15. The van der Waals surface area contributed by atoms with E-state index in [1.807, 2.05) is 42.5 Å². The average molecular weight is 333 g/mol. The van der Waals surface area contributed by atoms with Gasteiger partial charge in [0, 0.05) is 17.8 Å². The smallest absolute Gasteiger partial charge is 0.354 e.